The number of nitrogens with two attached hydrogens (primary N) is 1. The zero-order valence-electron chi connectivity index (χ0n) is 55.8. The first-order chi connectivity index (χ1) is 46.4. The quantitative estimate of drug-likeness (QED) is 0.0566. The molecule has 25 nitrogen and oxygen atoms in total. The molecule has 0 bridgehead atoms. The Bertz CT molecular complexity index is 4320. The fourth-order valence-electron chi connectivity index (χ4n) is 10.6. The van der Waals surface area contributed by atoms with Gasteiger partial charge in [0.25, 0.3) is 5.91 Å². The molecule has 0 unspecified atom stereocenters. The van der Waals surface area contributed by atoms with E-state index in [1.807, 2.05) is 113 Å². The second-order valence-electron chi connectivity index (χ2n) is 25.1. The number of rotatable bonds is 17. The smallest absolute Gasteiger partial charge is 0.410 e. The minimum absolute atomic E-state index is 0.0636. The van der Waals surface area contributed by atoms with Crippen molar-refractivity contribution in [1.82, 2.24) is 49.3 Å². The van der Waals surface area contributed by atoms with Crippen molar-refractivity contribution in [1.29, 1.82) is 0 Å². The number of ether oxygens (including phenoxy) is 6. The van der Waals surface area contributed by atoms with E-state index < -0.39 is 17.2 Å². The molecule has 2 atom stereocenters. The van der Waals surface area contributed by atoms with Gasteiger partial charge in [-0.1, -0.05) is 24.3 Å². The SMILES string of the molecule is COc1ccc(Cn2nc(N[C@@H]3CCCN(C(=O)OC(C)(C)C)C3)c3c(Oc4ccc(C(=O)Nc5ncc(C)s5)cc4)ccnc32)cc1.COc1ccc(Cn2nc(N[C@@H]3CCCN(C(=O)OC(C)(C)C)C3)c3c(Oc4ccc(C(=O)O)cc4)ccnc32)cc1.Cc1cnc(N)s1. The molecule has 2 saturated heterocycles. The summed E-state index contributed by atoms with van der Waals surface area (Å²) >= 11 is 2.93. The molecule has 0 spiro atoms. The fraction of sp³-hybridized carbons (Fsp3) is 0.343. The number of thiazole rings is 2. The van der Waals surface area contributed by atoms with Crippen molar-refractivity contribution >= 4 is 90.7 Å². The number of nitrogen functional groups attached to an aromatic ring is 1. The first-order valence-corrected chi connectivity index (χ1v) is 33.2. The fourth-order valence-corrected chi connectivity index (χ4v) is 11.8. The van der Waals surface area contributed by atoms with E-state index in [1.54, 1.807) is 97.3 Å². The molecule has 2 fully saturated rings. The number of aryl methyl sites for hydroxylation is 2. The number of aromatic nitrogens is 8. The standard InChI is InChI=1S/C35H39N7O5S.C31H35N5O6.C4H6N2S/c1-22-19-37-33(48-22)39-32(43)24-10-14-27(15-11-24)46-28-16-17-36-31-29(28)30(40-42(31)20-23-8-12-26(45-5)13-9-23)38-25-7-6-18-41(21-25)34(44)47-35(2,3)4;1-31(2,3)42-30(39)35-17-5-6-22(19-35)33-27-26-25(41-24-13-9-21(10-14-24)29(37)38)15-16-32-28(26)36(34-27)18-20-7-11-23(40-4)12-8-20;1-3-2-6-4(5)7-3/h8-17,19,25H,6-7,18,20-21H2,1-5H3,(H,38,40)(H,37,39,43);7-16,22H,5-6,17-19H2,1-4H3,(H,33,34)(H,37,38);2H,1H3,(H2,5,6)/t25-;22-;/m11./s1. The van der Waals surface area contributed by atoms with Gasteiger partial charge in [0.05, 0.1) is 32.9 Å². The number of carboxylic acid groups (broad SMARTS) is 1. The number of amides is 3. The number of anilines is 4. The number of nitrogens with zero attached hydrogens (tertiary/aromatic N) is 10. The van der Waals surface area contributed by atoms with Crippen molar-refractivity contribution in [2.45, 2.75) is 117 Å². The Hall–Kier alpha value is -10.5. The van der Waals surface area contributed by atoms with E-state index in [0.29, 0.717) is 112 Å². The van der Waals surface area contributed by atoms with Crippen LogP contribution in [0, 0.1) is 13.8 Å². The lowest BCUT2D eigenvalue weighted by Crippen LogP contribution is -2.47. The third-order valence-electron chi connectivity index (χ3n) is 15.2. The molecule has 6 aromatic heterocycles. The topological polar surface area (TPSA) is 300 Å². The van der Waals surface area contributed by atoms with Crippen molar-refractivity contribution < 1.29 is 52.7 Å². The highest BCUT2D eigenvalue weighted by Crippen LogP contribution is 2.38. The van der Waals surface area contributed by atoms with Gasteiger partial charge in [0, 0.05) is 90.5 Å². The summed E-state index contributed by atoms with van der Waals surface area (Å²) in [4.78, 5) is 72.7. The lowest BCUT2D eigenvalue weighted by molar-refractivity contribution is 0.0196. The minimum Gasteiger partial charge on any atom is -0.497 e. The summed E-state index contributed by atoms with van der Waals surface area (Å²) in [6.07, 6.45) is 9.52. The third kappa shape index (κ3) is 18.9. The van der Waals surface area contributed by atoms with Gasteiger partial charge in [-0.05, 0) is 165 Å². The first kappa shape index (κ1) is 69.3. The summed E-state index contributed by atoms with van der Waals surface area (Å²) in [5, 5.41) is 31.7. The van der Waals surface area contributed by atoms with Crippen LogP contribution in [0.25, 0.3) is 22.1 Å². The van der Waals surface area contributed by atoms with E-state index in [-0.39, 0.29) is 35.7 Å². The molecule has 27 heteroatoms. The number of carboxylic acids is 1. The number of likely N-dealkylation sites (tertiary alicyclic amines) is 2. The van der Waals surface area contributed by atoms with Crippen LogP contribution in [0.3, 0.4) is 0 Å². The lowest BCUT2D eigenvalue weighted by Gasteiger charge is -2.34. The molecule has 2 aliphatic rings. The maximum atomic E-state index is 12.9. The molecule has 0 saturated carbocycles. The highest BCUT2D eigenvalue weighted by molar-refractivity contribution is 7.15. The summed E-state index contributed by atoms with van der Waals surface area (Å²) in [6.45, 7) is 18.2. The molecule has 0 radical (unpaired) electrons. The van der Waals surface area contributed by atoms with E-state index >= 15 is 0 Å². The van der Waals surface area contributed by atoms with E-state index in [4.69, 9.17) is 49.3 Å². The Morgan fingerprint density at radius 2 is 0.990 bits per heavy atom. The molecule has 0 aliphatic carbocycles. The number of carbonyl (C=O) groups excluding carboxylic acids is 3. The van der Waals surface area contributed by atoms with E-state index in [2.05, 4.69) is 30.9 Å². The van der Waals surface area contributed by atoms with Crippen LogP contribution >= 0.6 is 22.7 Å². The number of pyridine rings is 2. The summed E-state index contributed by atoms with van der Waals surface area (Å²) in [5.41, 5.74) is 8.08. The Morgan fingerprint density at radius 1 is 0.567 bits per heavy atom. The Labute approximate surface area is 569 Å². The summed E-state index contributed by atoms with van der Waals surface area (Å²) in [5.74, 6) is 3.57. The molecule has 8 heterocycles. The average molecular weight is 1360 g/mol. The van der Waals surface area contributed by atoms with Crippen LogP contribution in [0.1, 0.15) is 109 Å². The molecular weight excluding hydrogens is 1280 g/mol. The van der Waals surface area contributed by atoms with Gasteiger partial charge in [0.1, 0.15) is 56.5 Å². The zero-order chi connectivity index (χ0) is 69.0. The Balaban J connectivity index is 0.000000192. The van der Waals surface area contributed by atoms with Gasteiger partial charge in [-0.2, -0.15) is 10.2 Å². The number of methoxy groups -OCH3 is 2. The molecule has 12 rings (SSSR count). The largest absolute Gasteiger partial charge is 0.497 e. The van der Waals surface area contributed by atoms with Crippen LogP contribution in [-0.2, 0) is 22.6 Å². The Morgan fingerprint density at radius 3 is 1.36 bits per heavy atom. The molecule has 508 valence electrons. The van der Waals surface area contributed by atoms with Gasteiger partial charge < -0.3 is 59.7 Å². The summed E-state index contributed by atoms with van der Waals surface area (Å²) < 4.78 is 38.2. The van der Waals surface area contributed by atoms with E-state index in [0.717, 1.165) is 58.1 Å². The van der Waals surface area contributed by atoms with Gasteiger partial charge in [0.2, 0.25) is 0 Å². The van der Waals surface area contributed by atoms with Gasteiger partial charge >= 0.3 is 18.2 Å². The van der Waals surface area contributed by atoms with Crippen molar-refractivity contribution in [2.24, 2.45) is 0 Å². The number of fused-ring (bicyclic) bond motifs is 2. The predicted octanol–water partition coefficient (Wildman–Crippen LogP) is 13.9. The summed E-state index contributed by atoms with van der Waals surface area (Å²) in [7, 11) is 3.27. The van der Waals surface area contributed by atoms with Crippen LogP contribution in [-0.4, -0.2) is 142 Å². The lowest BCUT2D eigenvalue weighted by atomic mass is 10.1. The maximum absolute atomic E-state index is 12.9. The number of carbonyl (C=O) groups is 4. The highest BCUT2D eigenvalue weighted by Gasteiger charge is 2.32. The molecule has 4 aromatic carbocycles. The van der Waals surface area contributed by atoms with Crippen molar-refractivity contribution in [3.63, 3.8) is 0 Å². The number of piperidine rings is 2. The second kappa shape index (κ2) is 30.9. The average Bonchev–Trinajstić information content (AvgIpc) is 1.69. The molecule has 3 amide bonds. The predicted molar refractivity (Wildman–Crippen MR) is 374 cm³/mol. The van der Waals surface area contributed by atoms with E-state index in [1.165, 1.54) is 34.8 Å². The van der Waals surface area contributed by atoms with Gasteiger partial charge in [-0.15, -0.1) is 22.7 Å². The van der Waals surface area contributed by atoms with Crippen LogP contribution in [0.5, 0.6) is 34.5 Å². The van der Waals surface area contributed by atoms with Crippen LogP contribution in [0.4, 0.5) is 31.5 Å². The van der Waals surface area contributed by atoms with Gasteiger partial charge in [-0.25, -0.2) is 43.7 Å². The normalized spacial score (nSPS) is 14.7. The first-order valence-electron chi connectivity index (χ1n) is 31.6. The number of hydrogen-bond acceptors (Lipinski definition) is 21. The monoisotopic (exact) mass is 1360 g/mol. The minimum atomic E-state index is -1.01. The molecule has 6 N–H and O–H groups in total. The number of aromatic carboxylic acids is 1. The maximum Gasteiger partial charge on any atom is 0.410 e. The van der Waals surface area contributed by atoms with Crippen LogP contribution < -0.4 is 40.6 Å². The van der Waals surface area contributed by atoms with Gasteiger partial charge in [0.15, 0.2) is 33.2 Å². The van der Waals surface area contributed by atoms with Gasteiger partial charge in [-0.3, -0.25) is 10.1 Å². The third-order valence-corrected chi connectivity index (χ3v) is 16.7. The van der Waals surface area contributed by atoms with Crippen molar-refractivity contribution in [2.75, 3.05) is 62.1 Å². The molecule has 2 aliphatic heterocycles. The Kier molecular flexibility index (Phi) is 22.1. The molecule has 97 heavy (non-hydrogen) atoms. The number of hydrogen-bond donors (Lipinski definition) is 5. The molecular formula is C70H80N14O11S2. The highest BCUT2D eigenvalue weighted by atomic mass is 32.1. The zero-order valence-corrected chi connectivity index (χ0v) is 57.5. The van der Waals surface area contributed by atoms with E-state index in [9.17, 15) is 24.3 Å². The molecule has 10 aromatic rings. The van der Waals surface area contributed by atoms with Crippen LogP contribution in [0.15, 0.2) is 134 Å². The van der Waals surface area contributed by atoms with Crippen molar-refractivity contribution in [3.05, 3.63) is 166 Å². The van der Waals surface area contributed by atoms with Crippen molar-refractivity contribution in [3.8, 4) is 34.5 Å². The summed E-state index contributed by atoms with van der Waals surface area (Å²) in [6, 6.07) is 32.1. The number of benzene rings is 4. The number of nitrogens with one attached hydrogen (secondary N) is 3. The second-order valence-corrected chi connectivity index (χ2v) is 27.6. The van der Waals surface area contributed by atoms with Crippen LogP contribution in [0.2, 0.25) is 0 Å².